The van der Waals surface area contributed by atoms with E-state index in [2.05, 4.69) is 66.1 Å². The Kier molecular flexibility index (Phi) is 9.35. The van der Waals surface area contributed by atoms with E-state index in [-0.39, 0.29) is 18.6 Å². The normalized spacial score (nSPS) is 29.1. The van der Waals surface area contributed by atoms with Crippen LogP contribution in [0.5, 0.6) is 0 Å². The molecule has 1 aromatic rings. The molecule has 1 aromatic carbocycles. The molecule has 4 nitrogen and oxygen atoms in total. The number of thioether (sulfide) groups is 1. The van der Waals surface area contributed by atoms with Gasteiger partial charge in [-0.1, -0.05) is 42.5 Å². The number of unbranched alkanes of at least 4 members (excludes halogenated alkanes) is 3. The van der Waals surface area contributed by atoms with Gasteiger partial charge in [-0.05, 0) is 61.5 Å². The lowest BCUT2D eigenvalue weighted by Gasteiger charge is -2.24. The van der Waals surface area contributed by atoms with Gasteiger partial charge in [0.05, 0.1) is 12.2 Å². The van der Waals surface area contributed by atoms with Crippen molar-refractivity contribution in [2.45, 2.75) is 82.2 Å². The van der Waals surface area contributed by atoms with Crippen LogP contribution in [0.3, 0.4) is 0 Å². The van der Waals surface area contributed by atoms with Crippen molar-refractivity contribution in [3.8, 4) is 11.8 Å². The molecule has 0 saturated carbocycles. The highest BCUT2D eigenvalue weighted by Crippen LogP contribution is 2.55. The third-order valence-electron chi connectivity index (χ3n) is 6.91. The van der Waals surface area contributed by atoms with Gasteiger partial charge in [0.25, 0.3) is 0 Å². The van der Waals surface area contributed by atoms with Crippen LogP contribution in [0.4, 0.5) is 0 Å². The first-order valence-corrected chi connectivity index (χ1v) is 13.6. The van der Waals surface area contributed by atoms with Crippen LogP contribution in [0.2, 0.25) is 0 Å². The van der Waals surface area contributed by atoms with Crippen molar-refractivity contribution in [3.05, 3.63) is 48.0 Å². The molecule has 178 valence electrons. The molecule has 3 aliphatic rings. The minimum absolute atomic E-state index is 0.248. The van der Waals surface area contributed by atoms with E-state index in [1.165, 1.54) is 24.2 Å². The third-order valence-corrected chi connectivity index (χ3v) is 8.11. The highest BCUT2D eigenvalue weighted by Gasteiger charge is 2.68. The zero-order valence-corrected chi connectivity index (χ0v) is 20.2. The van der Waals surface area contributed by atoms with Gasteiger partial charge in [-0.25, -0.2) is 0 Å². The van der Waals surface area contributed by atoms with Crippen molar-refractivity contribution < 1.29 is 19.4 Å². The Morgan fingerprint density at radius 1 is 0.939 bits per heavy atom. The van der Waals surface area contributed by atoms with Gasteiger partial charge < -0.3 is 14.6 Å². The van der Waals surface area contributed by atoms with E-state index in [0.717, 1.165) is 37.9 Å². The molecule has 3 saturated heterocycles. The van der Waals surface area contributed by atoms with Gasteiger partial charge >= 0.3 is 5.97 Å². The first kappa shape index (κ1) is 24.4. The lowest BCUT2D eigenvalue weighted by atomic mass is 9.78. The maximum absolute atomic E-state index is 10.6. The summed E-state index contributed by atoms with van der Waals surface area (Å²) in [4.78, 5) is 10.6. The Morgan fingerprint density at radius 2 is 1.70 bits per heavy atom. The summed E-state index contributed by atoms with van der Waals surface area (Å²) in [6, 6.07) is 10.6. The highest BCUT2D eigenvalue weighted by atomic mass is 32.2. The zero-order chi connectivity index (χ0) is 22.9. The van der Waals surface area contributed by atoms with E-state index < -0.39 is 5.97 Å². The number of allylic oxidation sites excluding steroid dienone is 2. The number of benzene rings is 1. The van der Waals surface area contributed by atoms with E-state index in [1.807, 2.05) is 0 Å². The monoisotopic (exact) mass is 468 g/mol. The van der Waals surface area contributed by atoms with Crippen molar-refractivity contribution in [1.29, 1.82) is 0 Å². The van der Waals surface area contributed by atoms with E-state index in [4.69, 9.17) is 14.6 Å². The summed E-state index contributed by atoms with van der Waals surface area (Å²) < 4.78 is 12.1. The van der Waals surface area contributed by atoms with Crippen LogP contribution >= 0.6 is 11.8 Å². The number of rotatable bonds is 14. The summed E-state index contributed by atoms with van der Waals surface area (Å²) in [7, 11) is 0. The number of aryl methyl sites for hydroxylation is 1. The second kappa shape index (κ2) is 12.6. The number of carboxylic acids is 1. The zero-order valence-electron chi connectivity index (χ0n) is 19.4. The van der Waals surface area contributed by atoms with Crippen molar-refractivity contribution in [2.24, 2.45) is 11.8 Å². The van der Waals surface area contributed by atoms with Gasteiger partial charge in [-0.3, -0.25) is 4.79 Å². The molecule has 2 bridgehead atoms. The predicted octanol–water partition coefficient (Wildman–Crippen LogP) is 5.51. The summed E-state index contributed by atoms with van der Waals surface area (Å²) >= 11 is 2.06. The van der Waals surface area contributed by atoms with Gasteiger partial charge in [0, 0.05) is 25.2 Å². The molecule has 3 heterocycles. The summed E-state index contributed by atoms with van der Waals surface area (Å²) in [5, 5.41) is 8.74. The number of carbonyl (C=O) groups is 1. The summed E-state index contributed by atoms with van der Waals surface area (Å²) in [6.07, 6.45) is 13.8. The van der Waals surface area contributed by atoms with Crippen LogP contribution in [0, 0.1) is 23.7 Å². The lowest BCUT2D eigenvalue weighted by Crippen LogP contribution is -2.34. The van der Waals surface area contributed by atoms with E-state index in [9.17, 15) is 4.79 Å². The average molecular weight is 469 g/mol. The molecule has 0 aromatic heterocycles. The van der Waals surface area contributed by atoms with E-state index >= 15 is 0 Å². The van der Waals surface area contributed by atoms with Crippen LogP contribution in [0.25, 0.3) is 0 Å². The highest BCUT2D eigenvalue weighted by molar-refractivity contribution is 7.99. The largest absolute Gasteiger partial charge is 0.481 e. The molecule has 1 N–H and O–H groups in total. The molecule has 0 amide bonds. The standard InChI is InChI=1S/C28H36O4S/c29-24(30)18-12-5-4-11-17-22-23(26-28-27(32-28)25(22)31-26)20-33-19-13-6-2-1-3-8-14-21-15-9-7-10-16-21/h4,7,9-11,15-16,22-23,25-28H,2,5-6,8,12-14,17-20H2,(H,29,30)/b11-4-/t22-,23+,25+,26-,27-,28+/m0/s1. The third kappa shape index (κ3) is 7.12. The molecular weight excluding hydrogens is 432 g/mol. The Bertz CT molecular complexity index is 842. The smallest absolute Gasteiger partial charge is 0.303 e. The number of epoxide rings is 1. The number of hydrogen-bond acceptors (Lipinski definition) is 4. The average Bonchev–Trinajstić information content (AvgIpc) is 3.44. The molecule has 3 fully saturated rings. The van der Waals surface area contributed by atoms with E-state index in [1.54, 1.807) is 0 Å². The Hall–Kier alpha value is -1.74. The molecular formula is C28H36O4S. The number of fused-ring (bicyclic) bond motifs is 5. The minimum atomic E-state index is -0.714. The van der Waals surface area contributed by atoms with E-state index in [0.29, 0.717) is 30.5 Å². The first-order valence-electron chi connectivity index (χ1n) is 12.5. The topological polar surface area (TPSA) is 59.1 Å². The van der Waals surface area contributed by atoms with Gasteiger partial charge in [0.2, 0.25) is 0 Å². The maximum atomic E-state index is 10.6. The quantitative estimate of drug-likeness (QED) is 0.169. The summed E-state index contributed by atoms with van der Waals surface area (Å²) in [5.41, 5.74) is 1.36. The first-order chi connectivity index (χ1) is 16.2. The molecule has 6 atom stereocenters. The minimum Gasteiger partial charge on any atom is -0.481 e. The summed E-state index contributed by atoms with van der Waals surface area (Å²) in [6.45, 7) is 0. The Labute approximate surface area is 202 Å². The molecule has 0 aliphatic carbocycles. The molecule has 4 rings (SSSR count). The molecule has 3 aliphatic heterocycles. The molecule has 33 heavy (non-hydrogen) atoms. The number of hydrogen-bond donors (Lipinski definition) is 1. The Balaban J connectivity index is 1.08. The fourth-order valence-electron chi connectivity index (χ4n) is 5.11. The van der Waals surface area contributed by atoms with Crippen LogP contribution in [0.1, 0.15) is 56.9 Å². The van der Waals surface area contributed by atoms with Crippen molar-refractivity contribution >= 4 is 17.7 Å². The number of ether oxygens (including phenoxy) is 2. The SMILES string of the molecule is O=C(O)CCC/C=C\C[C@H]1[C@@H](CSCCCCC#CCCc2ccccc2)[C@@H]2O[C@H]1[C@@H]1O[C@@H]12. The van der Waals surface area contributed by atoms with Crippen LogP contribution in [0.15, 0.2) is 42.5 Å². The van der Waals surface area contributed by atoms with Crippen LogP contribution in [-0.4, -0.2) is 47.0 Å². The number of carboxylic acid groups (broad SMARTS) is 1. The second-order valence-electron chi connectivity index (χ2n) is 9.32. The van der Waals surface area contributed by atoms with Gasteiger partial charge in [-0.2, -0.15) is 11.8 Å². The molecule has 0 radical (unpaired) electrons. The fraction of sp³-hybridized carbons (Fsp3) is 0.607. The summed E-state index contributed by atoms with van der Waals surface area (Å²) in [5.74, 6) is 9.39. The van der Waals surface area contributed by atoms with Crippen molar-refractivity contribution in [2.75, 3.05) is 11.5 Å². The molecule has 0 spiro atoms. The number of aliphatic carboxylic acids is 1. The lowest BCUT2D eigenvalue weighted by molar-refractivity contribution is -0.137. The van der Waals surface area contributed by atoms with Gasteiger partial charge in [0.15, 0.2) is 0 Å². The second-order valence-corrected chi connectivity index (χ2v) is 10.5. The fourth-order valence-corrected chi connectivity index (χ4v) is 6.40. The molecule has 0 unspecified atom stereocenters. The van der Waals surface area contributed by atoms with Crippen molar-refractivity contribution in [3.63, 3.8) is 0 Å². The van der Waals surface area contributed by atoms with Gasteiger partial charge in [0.1, 0.15) is 12.2 Å². The van der Waals surface area contributed by atoms with Crippen LogP contribution < -0.4 is 0 Å². The van der Waals surface area contributed by atoms with Crippen molar-refractivity contribution in [1.82, 2.24) is 0 Å². The van der Waals surface area contributed by atoms with Crippen LogP contribution in [-0.2, 0) is 20.7 Å². The maximum Gasteiger partial charge on any atom is 0.303 e. The Morgan fingerprint density at radius 3 is 2.52 bits per heavy atom. The molecule has 5 heteroatoms. The predicted molar refractivity (Wildman–Crippen MR) is 133 cm³/mol. The van der Waals surface area contributed by atoms with Gasteiger partial charge in [-0.15, -0.1) is 11.8 Å².